The van der Waals surface area contributed by atoms with Crippen molar-refractivity contribution in [3.05, 3.63) is 35.1 Å². The number of esters is 1. The van der Waals surface area contributed by atoms with Crippen LogP contribution >= 0.6 is 0 Å². The lowest BCUT2D eigenvalue weighted by atomic mass is 10.1. The van der Waals surface area contributed by atoms with Crippen molar-refractivity contribution < 1.29 is 13.9 Å². The molecule has 0 atom stereocenters. The Labute approximate surface area is 99.0 Å². The van der Waals surface area contributed by atoms with Gasteiger partial charge in [0.05, 0.1) is 18.1 Å². The number of rotatable bonds is 5. The molecule has 0 aliphatic rings. The number of hydrogen-bond donors (Lipinski definition) is 1. The number of hydrogen-bond acceptors (Lipinski definition) is 4. The third kappa shape index (κ3) is 4.62. The zero-order valence-corrected chi connectivity index (χ0v) is 9.50. The summed E-state index contributed by atoms with van der Waals surface area (Å²) in [6.45, 7) is 0.514. The number of ether oxygens (including phenoxy) is 1. The molecule has 0 spiro atoms. The highest BCUT2D eigenvalue weighted by Crippen LogP contribution is 2.09. The molecule has 0 saturated heterocycles. The van der Waals surface area contributed by atoms with E-state index in [1.165, 1.54) is 12.1 Å². The molecule has 0 radical (unpaired) electrons. The van der Waals surface area contributed by atoms with Crippen LogP contribution in [0.3, 0.4) is 0 Å². The number of nitrogens with one attached hydrogen (secondary N) is 1. The van der Waals surface area contributed by atoms with Gasteiger partial charge in [-0.15, -0.1) is 0 Å². The van der Waals surface area contributed by atoms with Crippen LogP contribution in [0.25, 0.3) is 0 Å². The van der Waals surface area contributed by atoms with Crippen LogP contribution in [-0.2, 0) is 16.1 Å². The minimum Gasteiger partial charge on any atom is -0.461 e. The maximum Gasteiger partial charge on any atom is 0.307 e. The van der Waals surface area contributed by atoms with Crippen molar-refractivity contribution in [2.75, 3.05) is 13.6 Å². The number of carbonyl (C=O) groups is 1. The molecule has 0 aliphatic carbocycles. The highest BCUT2D eigenvalue weighted by atomic mass is 19.1. The van der Waals surface area contributed by atoms with E-state index in [4.69, 9.17) is 10.00 Å². The molecule has 0 heterocycles. The van der Waals surface area contributed by atoms with E-state index >= 15 is 0 Å². The van der Waals surface area contributed by atoms with Crippen LogP contribution in [0.1, 0.15) is 17.5 Å². The fourth-order valence-electron chi connectivity index (χ4n) is 1.26. The summed E-state index contributed by atoms with van der Waals surface area (Å²) in [4.78, 5) is 11.2. The summed E-state index contributed by atoms with van der Waals surface area (Å²) in [5, 5.41) is 11.5. The molecule has 0 fully saturated rings. The molecule has 4 nitrogen and oxygen atoms in total. The van der Waals surface area contributed by atoms with Gasteiger partial charge in [-0.25, -0.2) is 4.39 Å². The summed E-state index contributed by atoms with van der Waals surface area (Å²) < 4.78 is 18.0. The van der Waals surface area contributed by atoms with E-state index in [1.807, 2.05) is 6.07 Å². The smallest absolute Gasteiger partial charge is 0.307 e. The molecule has 0 bridgehead atoms. The zero-order valence-electron chi connectivity index (χ0n) is 9.50. The van der Waals surface area contributed by atoms with Crippen molar-refractivity contribution in [3.63, 3.8) is 0 Å². The Morgan fingerprint density at radius 2 is 2.29 bits per heavy atom. The Morgan fingerprint density at radius 3 is 2.94 bits per heavy atom. The summed E-state index contributed by atoms with van der Waals surface area (Å²) in [5.74, 6) is -0.868. The first-order valence-corrected chi connectivity index (χ1v) is 5.15. The molecular formula is C12H13FN2O2. The van der Waals surface area contributed by atoms with Crippen molar-refractivity contribution in [1.29, 1.82) is 5.26 Å². The van der Waals surface area contributed by atoms with Crippen LogP contribution < -0.4 is 5.32 Å². The largest absolute Gasteiger partial charge is 0.461 e. The summed E-state index contributed by atoms with van der Waals surface area (Å²) in [7, 11) is 1.74. The summed E-state index contributed by atoms with van der Waals surface area (Å²) in [6, 6.07) is 5.71. The lowest BCUT2D eigenvalue weighted by molar-refractivity contribution is -0.144. The fourth-order valence-corrected chi connectivity index (χ4v) is 1.26. The third-order valence-electron chi connectivity index (χ3n) is 2.07. The van der Waals surface area contributed by atoms with Crippen molar-refractivity contribution in [1.82, 2.24) is 5.32 Å². The lowest BCUT2D eigenvalue weighted by Crippen LogP contribution is -2.14. The minimum atomic E-state index is -0.509. The number of nitrogens with zero attached hydrogens (tertiary/aromatic N) is 1. The fraction of sp³-hybridized carbons (Fsp3) is 0.333. The van der Waals surface area contributed by atoms with Gasteiger partial charge in [-0.2, -0.15) is 5.26 Å². The molecule has 1 aromatic carbocycles. The number of nitriles is 1. The molecule has 0 unspecified atom stereocenters. The maximum atomic E-state index is 13.0. The first kappa shape index (κ1) is 13.1. The number of carbonyl (C=O) groups excluding carboxylic acids is 1. The van der Waals surface area contributed by atoms with E-state index in [-0.39, 0.29) is 24.6 Å². The molecule has 0 aromatic heterocycles. The van der Waals surface area contributed by atoms with Gasteiger partial charge in [0.1, 0.15) is 12.4 Å². The van der Waals surface area contributed by atoms with Gasteiger partial charge in [0, 0.05) is 6.54 Å². The molecule has 1 rings (SSSR count). The quantitative estimate of drug-likeness (QED) is 0.784. The average molecular weight is 236 g/mol. The van der Waals surface area contributed by atoms with E-state index < -0.39 is 5.82 Å². The van der Waals surface area contributed by atoms with Crippen molar-refractivity contribution >= 4 is 5.97 Å². The topological polar surface area (TPSA) is 62.1 Å². The standard InChI is InChI=1S/C12H13FN2O2/c1-15-3-2-12(16)17-8-10-4-9(7-14)5-11(13)6-10/h4-6,15H,2-3,8H2,1H3. The Balaban J connectivity index is 2.55. The zero-order chi connectivity index (χ0) is 12.7. The highest BCUT2D eigenvalue weighted by molar-refractivity contribution is 5.69. The van der Waals surface area contributed by atoms with Crippen LogP contribution in [0.5, 0.6) is 0 Å². The van der Waals surface area contributed by atoms with E-state index in [9.17, 15) is 9.18 Å². The number of halogens is 1. The van der Waals surface area contributed by atoms with Crippen LogP contribution in [0.15, 0.2) is 18.2 Å². The summed E-state index contributed by atoms with van der Waals surface area (Å²) in [5.41, 5.74) is 0.686. The molecule has 90 valence electrons. The predicted molar refractivity (Wildman–Crippen MR) is 59.5 cm³/mol. The van der Waals surface area contributed by atoms with E-state index in [2.05, 4.69) is 5.32 Å². The monoisotopic (exact) mass is 236 g/mol. The Hall–Kier alpha value is -1.93. The van der Waals surface area contributed by atoms with Crippen molar-refractivity contribution in [2.24, 2.45) is 0 Å². The molecular weight excluding hydrogens is 223 g/mol. The molecule has 0 saturated carbocycles. The number of benzene rings is 1. The Bertz CT molecular complexity index is 441. The predicted octanol–water partition coefficient (Wildman–Crippen LogP) is 1.35. The van der Waals surface area contributed by atoms with Gasteiger partial charge < -0.3 is 10.1 Å². The third-order valence-corrected chi connectivity index (χ3v) is 2.07. The van der Waals surface area contributed by atoms with E-state index in [0.717, 1.165) is 6.07 Å². The second-order valence-corrected chi connectivity index (χ2v) is 3.47. The van der Waals surface area contributed by atoms with Gasteiger partial charge >= 0.3 is 5.97 Å². The van der Waals surface area contributed by atoms with Gasteiger partial charge in [-0.3, -0.25) is 4.79 Å². The minimum absolute atomic E-state index is 0.0189. The normalized spacial score (nSPS) is 9.71. The summed E-state index contributed by atoms with van der Waals surface area (Å²) in [6.07, 6.45) is 0.261. The molecule has 17 heavy (non-hydrogen) atoms. The van der Waals surface area contributed by atoms with Crippen LogP contribution in [0, 0.1) is 17.1 Å². The van der Waals surface area contributed by atoms with E-state index in [0.29, 0.717) is 12.1 Å². The molecule has 5 heteroatoms. The van der Waals surface area contributed by atoms with Gasteiger partial charge in [0.15, 0.2) is 0 Å². The SMILES string of the molecule is CNCCC(=O)OCc1cc(F)cc(C#N)c1. The highest BCUT2D eigenvalue weighted by Gasteiger charge is 2.05. The van der Waals surface area contributed by atoms with E-state index in [1.54, 1.807) is 7.05 Å². The van der Waals surface area contributed by atoms with Gasteiger partial charge in [0.25, 0.3) is 0 Å². The van der Waals surface area contributed by atoms with Crippen LogP contribution in [0.4, 0.5) is 4.39 Å². The molecule has 1 aromatic rings. The van der Waals surface area contributed by atoms with Crippen LogP contribution in [-0.4, -0.2) is 19.6 Å². The van der Waals surface area contributed by atoms with Crippen molar-refractivity contribution in [2.45, 2.75) is 13.0 Å². The van der Waals surface area contributed by atoms with Crippen molar-refractivity contribution in [3.8, 4) is 6.07 Å². The van der Waals surface area contributed by atoms with Crippen LogP contribution in [0.2, 0.25) is 0 Å². The lowest BCUT2D eigenvalue weighted by Gasteiger charge is -2.05. The van der Waals surface area contributed by atoms with Gasteiger partial charge in [-0.05, 0) is 30.8 Å². The molecule has 0 amide bonds. The first-order valence-electron chi connectivity index (χ1n) is 5.15. The second kappa shape index (κ2) is 6.61. The second-order valence-electron chi connectivity index (χ2n) is 3.47. The van der Waals surface area contributed by atoms with Gasteiger partial charge in [0.2, 0.25) is 0 Å². The Kier molecular flexibility index (Phi) is 5.11. The average Bonchev–Trinajstić information content (AvgIpc) is 2.33. The maximum absolute atomic E-state index is 13.0. The van der Waals surface area contributed by atoms with Gasteiger partial charge in [-0.1, -0.05) is 0 Å². The first-order chi connectivity index (χ1) is 8.15. The summed E-state index contributed by atoms with van der Waals surface area (Å²) >= 11 is 0. The Morgan fingerprint density at radius 1 is 1.53 bits per heavy atom. The molecule has 1 N–H and O–H groups in total. The molecule has 0 aliphatic heterocycles.